The van der Waals surface area contributed by atoms with E-state index < -0.39 is 0 Å². The van der Waals surface area contributed by atoms with Gasteiger partial charge in [-0.25, -0.2) is 0 Å². The molecule has 19 heavy (non-hydrogen) atoms. The molecule has 0 saturated heterocycles. The number of hydrogen-bond donors (Lipinski definition) is 1. The molecule has 0 aromatic rings. The molecular weight excluding hydrogens is 240 g/mol. The SMILES string of the molecule is C=C[C@@H]1[C@H]2CC(CCCCC(=O)OC)=C[C@H]2C[C@H]1O. The van der Waals surface area contributed by atoms with Gasteiger partial charge in [-0.1, -0.05) is 17.7 Å². The Morgan fingerprint density at radius 2 is 2.37 bits per heavy atom. The number of unbranched alkanes of at least 4 members (excludes halogenated alkanes) is 1. The number of aliphatic hydroxyl groups is 1. The molecule has 2 aliphatic rings. The van der Waals surface area contributed by atoms with E-state index in [2.05, 4.69) is 17.4 Å². The summed E-state index contributed by atoms with van der Waals surface area (Å²) in [6, 6.07) is 0. The van der Waals surface area contributed by atoms with Crippen molar-refractivity contribution in [1.82, 2.24) is 0 Å². The quantitative estimate of drug-likeness (QED) is 0.456. The predicted molar refractivity (Wildman–Crippen MR) is 74.5 cm³/mol. The third-order valence-corrected chi connectivity index (χ3v) is 4.58. The summed E-state index contributed by atoms with van der Waals surface area (Å²) in [5.41, 5.74) is 1.50. The molecule has 3 nitrogen and oxygen atoms in total. The summed E-state index contributed by atoms with van der Waals surface area (Å²) in [4.78, 5) is 11.0. The third-order valence-electron chi connectivity index (χ3n) is 4.58. The number of rotatable bonds is 6. The molecule has 2 aliphatic carbocycles. The van der Waals surface area contributed by atoms with Crippen LogP contribution in [0.3, 0.4) is 0 Å². The van der Waals surface area contributed by atoms with Gasteiger partial charge in [0.25, 0.3) is 0 Å². The highest BCUT2D eigenvalue weighted by atomic mass is 16.5. The molecule has 0 heterocycles. The molecule has 1 N–H and O–H groups in total. The van der Waals surface area contributed by atoms with Crippen molar-refractivity contribution in [2.24, 2.45) is 17.8 Å². The van der Waals surface area contributed by atoms with Crippen LogP contribution in [0.1, 0.15) is 38.5 Å². The molecule has 1 fully saturated rings. The fraction of sp³-hybridized carbons (Fsp3) is 0.688. The van der Waals surface area contributed by atoms with Crippen LogP contribution in [0.25, 0.3) is 0 Å². The Morgan fingerprint density at radius 1 is 1.58 bits per heavy atom. The van der Waals surface area contributed by atoms with E-state index in [1.807, 2.05) is 6.08 Å². The lowest BCUT2D eigenvalue weighted by molar-refractivity contribution is -0.140. The van der Waals surface area contributed by atoms with Gasteiger partial charge in [-0.2, -0.15) is 0 Å². The lowest BCUT2D eigenvalue weighted by Crippen LogP contribution is -2.16. The zero-order valence-corrected chi connectivity index (χ0v) is 11.7. The Kier molecular flexibility index (Phi) is 4.81. The van der Waals surface area contributed by atoms with Crippen LogP contribution in [0, 0.1) is 17.8 Å². The van der Waals surface area contributed by atoms with E-state index in [0.717, 1.165) is 32.1 Å². The Bertz CT molecular complexity index is 372. The minimum absolute atomic E-state index is 0.118. The maximum atomic E-state index is 11.0. The van der Waals surface area contributed by atoms with Gasteiger partial charge in [0.15, 0.2) is 0 Å². The van der Waals surface area contributed by atoms with Gasteiger partial charge >= 0.3 is 5.97 Å². The number of carbonyl (C=O) groups is 1. The largest absolute Gasteiger partial charge is 0.469 e. The Labute approximate surface area is 115 Å². The van der Waals surface area contributed by atoms with Gasteiger partial charge in [0.1, 0.15) is 0 Å². The molecule has 0 aliphatic heterocycles. The molecule has 0 unspecified atom stereocenters. The minimum Gasteiger partial charge on any atom is -0.469 e. The van der Waals surface area contributed by atoms with Crippen LogP contribution in [-0.2, 0) is 9.53 Å². The lowest BCUT2D eigenvalue weighted by atomic mass is 9.89. The molecule has 3 heteroatoms. The van der Waals surface area contributed by atoms with Gasteiger partial charge in [0.05, 0.1) is 13.2 Å². The van der Waals surface area contributed by atoms with E-state index in [4.69, 9.17) is 0 Å². The molecule has 0 spiro atoms. The summed E-state index contributed by atoms with van der Waals surface area (Å²) >= 11 is 0. The molecule has 0 aromatic heterocycles. The van der Waals surface area contributed by atoms with Crippen molar-refractivity contribution in [2.75, 3.05) is 7.11 Å². The maximum absolute atomic E-state index is 11.0. The van der Waals surface area contributed by atoms with Crippen molar-refractivity contribution in [2.45, 2.75) is 44.6 Å². The average Bonchev–Trinajstić information content (AvgIpc) is 2.90. The fourth-order valence-electron chi connectivity index (χ4n) is 3.57. The van der Waals surface area contributed by atoms with Gasteiger partial charge in [-0.3, -0.25) is 4.79 Å². The van der Waals surface area contributed by atoms with Crippen LogP contribution in [0.2, 0.25) is 0 Å². The summed E-state index contributed by atoms with van der Waals surface area (Å²) in [7, 11) is 1.43. The maximum Gasteiger partial charge on any atom is 0.305 e. The number of fused-ring (bicyclic) bond motifs is 1. The first-order chi connectivity index (χ1) is 9.15. The van der Waals surface area contributed by atoms with E-state index in [0.29, 0.717) is 18.3 Å². The van der Waals surface area contributed by atoms with Crippen molar-refractivity contribution in [3.63, 3.8) is 0 Å². The second-order valence-electron chi connectivity index (χ2n) is 5.76. The number of allylic oxidation sites excluding steroid dienone is 2. The van der Waals surface area contributed by atoms with E-state index in [9.17, 15) is 9.90 Å². The van der Waals surface area contributed by atoms with Crippen molar-refractivity contribution < 1.29 is 14.6 Å². The first kappa shape index (κ1) is 14.3. The number of hydrogen-bond acceptors (Lipinski definition) is 3. The molecule has 4 atom stereocenters. The van der Waals surface area contributed by atoms with Gasteiger partial charge in [-0.15, -0.1) is 6.58 Å². The molecular formula is C16H24O3. The number of carbonyl (C=O) groups excluding carboxylic acids is 1. The van der Waals surface area contributed by atoms with Crippen molar-refractivity contribution in [3.8, 4) is 0 Å². The molecule has 0 bridgehead atoms. The molecule has 0 radical (unpaired) electrons. The number of esters is 1. The number of methoxy groups -OCH3 is 1. The summed E-state index contributed by atoms with van der Waals surface area (Å²) < 4.78 is 4.63. The van der Waals surface area contributed by atoms with Gasteiger partial charge < -0.3 is 9.84 Å². The van der Waals surface area contributed by atoms with Gasteiger partial charge in [0.2, 0.25) is 0 Å². The first-order valence-corrected chi connectivity index (χ1v) is 7.22. The topological polar surface area (TPSA) is 46.5 Å². The molecule has 0 aromatic carbocycles. The first-order valence-electron chi connectivity index (χ1n) is 7.22. The van der Waals surface area contributed by atoms with Crippen LogP contribution in [0.4, 0.5) is 0 Å². The van der Waals surface area contributed by atoms with Crippen LogP contribution in [-0.4, -0.2) is 24.3 Å². The monoisotopic (exact) mass is 264 g/mol. The van der Waals surface area contributed by atoms with Crippen molar-refractivity contribution in [3.05, 3.63) is 24.3 Å². The van der Waals surface area contributed by atoms with Crippen molar-refractivity contribution in [1.29, 1.82) is 0 Å². The number of aliphatic hydroxyl groups excluding tert-OH is 1. The Balaban J connectivity index is 1.74. The Morgan fingerprint density at radius 3 is 3.05 bits per heavy atom. The fourth-order valence-corrected chi connectivity index (χ4v) is 3.57. The lowest BCUT2D eigenvalue weighted by Gasteiger charge is -2.17. The Hall–Kier alpha value is -1.09. The second-order valence-corrected chi connectivity index (χ2v) is 5.76. The molecule has 1 saturated carbocycles. The standard InChI is InChI=1S/C16H24O3/c1-3-13-14-9-11(8-12(14)10-15(13)17)6-4-5-7-16(18)19-2/h3,8,12-15,17H,1,4-7,9-10H2,2H3/t12-,13+,14-,15+/m0/s1. The van der Waals surface area contributed by atoms with Gasteiger partial charge in [0, 0.05) is 12.3 Å². The highest BCUT2D eigenvalue weighted by molar-refractivity contribution is 5.68. The molecule has 0 amide bonds. The normalized spacial score (nSPS) is 32.8. The van der Waals surface area contributed by atoms with Gasteiger partial charge in [-0.05, 0) is 43.9 Å². The number of ether oxygens (including phenoxy) is 1. The average molecular weight is 264 g/mol. The smallest absolute Gasteiger partial charge is 0.305 e. The zero-order valence-electron chi connectivity index (χ0n) is 11.7. The van der Waals surface area contributed by atoms with Crippen LogP contribution in [0.5, 0.6) is 0 Å². The highest BCUT2D eigenvalue weighted by Gasteiger charge is 2.42. The van der Waals surface area contributed by atoms with Crippen LogP contribution >= 0.6 is 0 Å². The van der Waals surface area contributed by atoms with Crippen LogP contribution in [0.15, 0.2) is 24.3 Å². The third kappa shape index (κ3) is 3.27. The summed E-state index contributed by atoms with van der Waals surface area (Å²) in [5.74, 6) is 1.23. The zero-order chi connectivity index (χ0) is 13.8. The van der Waals surface area contributed by atoms with E-state index in [1.54, 1.807) is 0 Å². The molecule has 106 valence electrons. The van der Waals surface area contributed by atoms with Crippen LogP contribution < -0.4 is 0 Å². The summed E-state index contributed by atoms with van der Waals surface area (Å²) in [5, 5.41) is 9.93. The van der Waals surface area contributed by atoms with E-state index in [-0.39, 0.29) is 18.0 Å². The summed E-state index contributed by atoms with van der Waals surface area (Å²) in [6.45, 7) is 3.85. The van der Waals surface area contributed by atoms with E-state index in [1.165, 1.54) is 12.7 Å². The minimum atomic E-state index is -0.204. The molecule has 2 rings (SSSR count). The second kappa shape index (κ2) is 6.38. The predicted octanol–water partition coefficient (Wildman–Crippen LogP) is 2.85. The van der Waals surface area contributed by atoms with E-state index >= 15 is 0 Å². The summed E-state index contributed by atoms with van der Waals surface area (Å²) in [6.07, 6.45) is 9.58. The van der Waals surface area contributed by atoms with Crippen molar-refractivity contribution >= 4 is 5.97 Å². The highest BCUT2D eigenvalue weighted by Crippen LogP contribution is 2.47.